The van der Waals surface area contributed by atoms with Gasteiger partial charge in [-0.1, -0.05) is 13.3 Å². The van der Waals surface area contributed by atoms with E-state index in [0.29, 0.717) is 6.54 Å². The van der Waals surface area contributed by atoms with Gasteiger partial charge in [0.05, 0.1) is 6.07 Å². The lowest BCUT2D eigenvalue weighted by atomic mass is 9.69. The topological polar surface area (TPSA) is 52.9 Å². The number of nitrogens with one attached hydrogen (secondary N) is 1. The molecule has 3 nitrogen and oxygen atoms in total. The molecule has 13 heavy (non-hydrogen) atoms. The number of nitriles is 1. The molecule has 0 saturated heterocycles. The van der Waals surface area contributed by atoms with E-state index in [1.807, 2.05) is 0 Å². The van der Waals surface area contributed by atoms with Crippen molar-refractivity contribution in [3.8, 4) is 6.07 Å². The number of nitrogens with zero attached hydrogens (tertiary/aromatic N) is 1. The zero-order chi connectivity index (χ0) is 9.73. The maximum Gasteiger partial charge on any atom is 0.240 e. The fourth-order valence-electron chi connectivity index (χ4n) is 1.47. The summed E-state index contributed by atoms with van der Waals surface area (Å²) in [6.45, 7) is 2.79. The van der Waals surface area contributed by atoms with Crippen molar-refractivity contribution < 1.29 is 4.79 Å². The Bertz CT molecular complexity index is 226. The van der Waals surface area contributed by atoms with Crippen molar-refractivity contribution in [1.82, 2.24) is 5.32 Å². The first kappa shape index (κ1) is 10.0. The number of hydrogen-bond acceptors (Lipinski definition) is 2. The van der Waals surface area contributed by atoms with Gasteiger partial charge in [-0.15, -0.1) is 0 Å². The molecule has 0 atom stereocenters. The van der Waals surface area contributed by atoms with Crippen LogP contribution < -0.4 is 5.32 Å². The summed E-state index contributed by atoms with van der Waals surface area (Å²) >= 11 is 0. The molecule has 1 saturated carbocycles. The molecule has 0 aromatic heterocycles. The van der Waals surface area contributed by atoms with Gasteiger partial charge in [0, 0.05) is 6.54 Å². The lowest BCUT2D eigenvalue weighted by Gasteiger charge is -2.33. The summed E-state index contributed by atoms with van der Waals surface area (Å²) in [4.78, 5) is 11.5. The molecular weight excluding hydrogens is 164 g/mol. The van der Waals surface area contributed by atoms with Crippen LogP contribution in [0.1, 0.15) is 39.0 Å². The molecule has 0 bridgehead atoms. The minimum atomic E-state index is -0.673. The Hall–Kier alpha value is -1.04. The largest absolute Gasteiger partial charge is 0.355 e. The van der Waals surface area contributed by atoms with Gasteiger partial charge < -0.3 is 5.32 Å². The lowest BCUT2D eigenvalue weighted by Crippen LogP contribution is -2.44. The van der Waals surface area contributed by atoms with Gasteiger partial charge in [0.2, 0.25) is 5.91 Å². The minimum Gasteiger partial charge on any atom is -0.355 e. The second-order valence-corrected chi connectivity index (χ2v) is 3.66. The van der Waals surface area contributed by atoms with Crippen molar-refractivity contribution in [2.45, 2.75) is 39.0 Å². The molecule has 0 spiro atoms. The van der Waals surface area contributed by atoms with Gasteiger partial charge in [-0.2, -0.15) is 5.26 Å². The molecule has 1 amide bonds. The normalized spacial score (nSPS) is 18.5. The van der Waals surface area contributed by atoms with Crippen LogP contribution in [-0.4, -0.2) is 12.5 Å². The third kappa shape index (κ3) is 2.00. The van der Waals surface area contributed by atoms with E-state index in [-0.39, 0.29) is 5.91 Å². The quantitative estimate of drug-likeness (QED) is 0.668. The Labute approximate surface area is 79.1 Å². The highest BCUT2D eigenvalue weighted by molar-refractivity contribution is 5.86. The van der Waals surface area contributed by atoms with Gasteiger partial charge in [-0.05, 0) is 25.7 Å². The molecule has 1 N–H and O–H groups in total. The van der Waals surface area contributed by atoms with Crippen LogP contribution in [0.25, 0.3) is 0 Å². The molecule has 0 radical (unpaired) electrons. The summed E-state index contributed by atoms with van der Waals surface area (Å²) in [6, 6.07) is 2.13. The molecule has 1 aliphatic carbocycles. The highest BCUT2D eigenvalue weighted by Gasteiger charge is 2.44. The molecule has 0 aliphatic heterocycles. The number of amides is 1. The van der Waals surface area contributed by atoms with E-state index in [0.717, 1.165) is 32.1 Å². The molecule has 0 aromatic carbocycles. The molecule has 1 rings (SSSR count). The van der Waals surface area contributed by atoms with Crippen molar-refractivity contribution >= 4 is 5.91 Å². The molecule has 72 valence electrons. The number of carbonyl (C=O) groups is 1. The number of rotatable bonds is 4. The van der Waals surface area contributed by atoms with E-state index in [9.17, 15) is 4.79 Å². The standard InChI is InChI=1S/C10H16N2O/c1-2-3-7-12-9(13)10(8-11)5-4-6-10/h2-7H2,1H3,(H,12,13). The summed E-state index contributed by atoms with van der Waals surface area (Å²) in [7, 11) is 0. The summed E-state index contributed by atoms with van der Waals surface area (Å²) in [5.41, 5.74) is -0.673. The monoisotopic (exact) mass is 180 g/mol. The van der Waals surface area contributed by atoms with Gasteiger partial charge in [0.15, 0.2) is 0 Å². The van der Waals surface area contributed by atoms with Gasteiger partial charge in [0.1, 0.15) is 5.41 Å². The van der Waals surface area contributed by atoms with Crippen LogP contribution in [0.4, 0.5) is 0 Å². The van der Waals surface area contributed by atoms with Crippen molar-refractivity contribution in [2.75, 3.05) is 6.54 Å². The van der Waals surface area contributed by atoms with Crippen molar-refractivity contribution in [3.63, 3.8) is 0 Å². The lowest BCUT2D eigenvalue weighted by molar-refractivity contribution is -0.131. The molecule has 0 aromatic rings. The van der Waals surface area contributed by atoms with Crippen molar-refractivity contribution in [1.29, 1.82) is 5.26 Å². The zero-order valence-corrected chi connectivity index (χ0v) is 8.10. The van der Waals surface area contributed by atoms with E-state index in [2.05, 4.69) is 18.3 Å². The average molecular weight is 180 g/mol. The molecule has 3 heteroatoms. The number of hydrogen-bond donors (Lipinski definition) is 1. The summed E-state index contributed by atoms with van der Waals surface area (Å²) in [5, 5.41) is 11.7. The Morgan fingerprint density at radius 2 is 2.31 bits per heavy atom. The second-order valence-electron chi connectivity index (χ2n) is 3.66. The highest BCUT2D eigenvalue weighted by atomic mass is 16.2. The van der Waals surface area contributed by atoms with Crippen LogP contribution in [0.2, 0.25) is 0 Å². The average Bonchev–Trinajstić information content (AvgIpc) is 2.04. The second kappa shape index (κ2) is 4.27. The maximum atomic E-state index is 11.5. The smallest absolute Gasteiger partial charge is 0.240 e. The van der Waals surface area contributed by atoms with Gasteiger partial charge in [-0.3, -0.25) is 4.79 Å². The summed E-state index contributed by atoms with van der Waals surface area (Å²) < 4.78 is 0. The van der Waals surface area contributed by atoms with E-state index < -0.39 is 5.41 Å². The Morgan fingerprint density at radius 3 is 2.69 bits per heavy atom. The van der Waals surface area contributed by atoms with Crippen LogP contribution in [0.3, 0.4) is 0 Å². The van der Waals surface area contributed by atoms with Crippen molar-refractivity contribution in [2.24, 2.45) is 5.41 Å². The van der Waals surface area contributed by atoms with Crippen LogP contribution in [-0.2, 0) is 4.79 Å². The minimum absolute atomic E-state index is 0.0605. The van der Waals surface area contributed by atoms with E-state index in [1.54, 1.807) is 0 Å². The van der Waals surface area contributed by atoms with Crippen molar-refractivity contribution in [3.05, 3.63) is 0 Å². The van der Waals surface area contributed by atoms with Gasteiger partial charge >= 0.3 is 0 Å². The molecule has 1 fully saturated rings. The molecule has 0 heterocycles. The first-order valence-electron chi connectivity index (χ1n) is 4.95. The fraction of sp³-hybridized carbons (Fsp3) is 0.800. The third-order valence-corrected chi connectivity index (χ3v) is 2.67. The SMILES string of the molecule is CCCCNC(=O)C1(C#N)CCC1. The predicted octanol–water partition coefficient (Wildman–Crippen LogP) is 1.60. The first-order chi connectivity index (χ1) is 6.25. The highest BCUT2D eigenvalue weighted by Crippen LogP contribution is 2.40. The molecule has 0 unspecified atom stereocenters. The third-order valence-electron chi connectivity index (χ3n) is 2.67. The van der Waals surface area contributed by atoms with E-state index in [4.69, 9.17) is 5.26 Å². The molecule has 1 aliphatic rings. The number of carbonyl (C=O) groups excluding carboxylic acids is 1. The zero-order valence-electron chi connectivity index (χ0n) is 8.10. The molecular formula is C10H16N2O. The van der Waals surface area contributed by atoms with E-state index in [1.165, 1.54) is 0 Å². The summed E-state index contributed by atoms with van der Waals surface area (Å²) in [5.74, 6) is -0.0605. The summed E-state index contributed by atoms with van der Waals surface area (Å²) in [6.07, 6.45) is 4.55. The predicted molar refractivity (Wildman–Crippen MR) is 49.8 cm³/mol. The Balaban J connectivity index is 2.34. The van der Waals surface area contributed by atoms with E-state index >= 15 is 0 Å². The number of unbranched alkanes of at least 4 members (excludes halogenated alkanes) is 1. The van der Waals surface area contributed by atoms with Crippen LogP contribution in [0.15, 0.2) is 0 Å². The van der Waals surface area contributed by atoms with Gasteiger partial charge in [-0.25, -0.2) is 0 Å². The van der Waals surface area contributed by atoms with Gasteiger partial charge in [0.25, 0.3) is 0 Å². The van der Waals surface area contributed by atoms with Crippen LogP contribution >= 0.6 is 0 Å². The van der Waals surface area contributed by atoms with Crippen LogP contribution in [0, 0.1) is 16.7 Å². The van der Waals surface area contributed by atoms with Crippen LogP contribution in [0.5, 0.6) is 0 Å². The Kier molecular flexibility index (Phi) is 3.30. The Morgan fingerprint density at radius 1 is 1.62 bits per heavy atom. The first-order valence-corrected chi connectivity index (χ1v) is 4.95. The fourth-order valence-corrected chi connectivity index (χ4v) is 1.47. The maximum absolute atomic E-state index is 11.5.